The topological polar surface area (TPSA) is 51.8 Å². The Morgan fingerprint density at radius 3 is 2.69 bits per heavy atom. The SMILES string of the molecule is CC1(C)Cc2nc(N)nc(Cl)c2C1. The lowest BCUT2D eigenvalue weighted by molar-refractivity contribution is 0.390. The van der Waals surface area contributed by atoms with Gasteiger partial charge < -0.3 is 5.73 Å². The van der Waals surface area contributed by atoms with E-state index in [2.05, 4.69) is 23.8 Å². The first-order valence-corrected chi connectivity index (χ1v) is 4.66. The highest BCUT2D eigenvalue weighted by atomic mass is 35.5. The van der Waals surface area contributed by atoms with Crippen LogP contribution in [0.3, 0.4) is 0 Å². The van der Waals surface area contributed by atoms with Gasteiger partial charge in [0.15, 0.2) is 0 Å². The molecule has 0 fully saturated rings. The number of aromatic nitrogens is 2. The van der Waals surface area contributed by atoms with Crippen LogP contribution in [0.15, 0.2) is 0 Å². The summed E-state index contributed by atoms with van der Waals surface area (Å²) in [5, 5.41) is 0.521. The molecule has 2 N–H and O–H groups in total. The maximum absolute atomic E-state index is 5.97. The molecule has 2 rings (SSSR count). The number of hydrogen-bond acceptors (Lipinski definition) is 3. The minimum atomic E-state index is 0.244. The first kappa shape index (κ1) is 8.75. The van der Waals surface area contributed by atoms with Gasteiger partial charge in [-0.1, -0.05) is 25.4 Å². The highest BCUT2D eigenvalue weighted by molar-refractivity contribution is 6.30. The van der Waals surface area contributed by atoms with Crippen molar-refractivity contribution in [1.29, 1.82) is 0 Å². The Balaban J connectivity index is 2.52. The van der Waals surface area contributed by atoms with E-state index in [0.29, 0.717) is 5.15 Å². The molecule has 0 amide bonds. The Morgan fingerprint density at radius 2 is 2.00 bits per heavy atom. The fourth-order valence-electron chi connectivity index (χ4n) is 1.83. The van der Waals surface area contributed by atoms with Gasteiger partial charge >= 0.3 is 0 Å². The monoisotopic (exact) mass is 197 g/mol. The fourth-order valence-corrected chi connectivity index (χ4v) is 2.10. The highest BCUT2D eigenvalue weighted by Crippen LogP contribution is 2.37. The van der Waals surface area contributed by atoms with E-state index in [4.69, 9.17) is 17.3 Å². The van der Waals surface area contributed by atoms with Crippen LogP contribution in [0, 0.1) is 5.41 Å². The van der Waals surface area contributed by atoms with Crippen molar-refractivity contribution in [3.05, 3.63) is 16.4 Å². The quantitative estimate of drug-likeness (QED) is 0.646. The molecule has 1 heterocycles. The largest absolute Gasteiger partial charge is 0.368 e. The second kappa shape index (κ2) is 2.58. The van der Waals surface area contributed by atoms with Crippen molar-refractivity contribution in [3.63, 3.8) is 0 Å². The van der Waals surface area contributed by atoms with E-state index >= 15 is 0 Å². The number of nitrogen functional groups attached to an aromatic ring is 1. The summed E-state index contributed by atoms with van der Waals surface area (Å²) in [6, 6.07) is 0. The third kappa shape index (κ3) is 1.48. The van der Waals surface area contributed by atoms with Gasteiger partial charge in [-0.25, -0.2) is 9.97 Å². The molecule has 0 aliphatic heterocycles. The van der Waals surface area contributed by atoms with Gasteiger partial charge in [-0.15, -0.1) is 0 Å². The van der Waals surface area contributed by atoms with Gasteiger partial charge in [0.25, 0.3) is 0 Å². The van der Waals surface area contributed by atoms with Gasteiger partial charge in [-0.2, -0.15) is 0 Å². The van der Waals surface area contributed by atoms with E-state index in [1.165, 1.54) is 0 Å². The summed E-state index contributed by atoms with van der Waals surface area (Å²) in [6.45, 7) is 4.39. The third-order valence-corrected chi connectivity index (χ3v) is 2.67. The van der Waals surface area contributed by atoms with Crippen LogP contribution in [-0.4, -0.2) is 9.97 Å². The summed E-state index contributed by atoms with van der Waals surface area (Å²) in [4.78, 5) is 8.14. The van der Waals surface area contributed by atoms with E-state index in [-0.39, 0.29) is 11.4 Å². The molecule has 13 heavy (non-hydrogen) atoms. The predicted molar refractivity (Wildman–Crippen MR) is 52.6 cm³/mol. The second-order valence-electron chi connectivity index (χ2n) is 4.32. The van der Waals surface area contributed by atoms with E-state index in [1.54, 1.807) is 0 Å². The molecular formula is C9H12ClN3. The number of rotatable bonds is 0. The van der Waals surface area contributed by atoms with E-state index in [0.717, 1.165) is 24.1 Å². The van der Waals surface area contributed by atoms with Crippen LogP contribution in [-0.2, 0) is 12.8 Å². The molecule has 0 radical (unpaired) electrons. The zero-order chi connectivity index (χ0) is 9.64. The molecule has 1 aromatic heterocycles. The van der Waals surface area contributed by atoms with Crippen LogP contribution in [0.2, 0.25) is 5.15 Å². The normalized spacial score (nSPS) is 18.7. The molecule has 1 aromatic rings. The molecule has 70 valence electrons. The van der Waals surface area contributed by atoms with Gasteiger partial charge in [0.1, 0.15) is 5.15 Å². The van der Waals surface area contributed by atoms with Crippen LogP contribution >= 0.6 is 11.6 Å². The summed E-state index contributed by atoms with van der Waals surface area (Å²) < 4.78 is 0. The van der Waals surface area contributed by atoms with E-state index in [1.807, 2.05) is 0 Å². The number of hydrogen-bond donors (Lipinski definition) is 1. The Labute approximate surface area is 82.3 Å². The molecule has 0 saturated heterocycles. The zero-order valence-electron chi connectivity index (χ0n) is 7.76. The lowest BCUT2D eigenvalue weighted by Crippen LogP contribution is -2.09. The van der Waals surface area contributed by atoms with Crippen molar-refractivity contribution in [2.24, 2.45) is 5.41 Å². The third-order valence-electron chi connectivity index (χ3n) is 2.36. The van der Waals surface area contributed by atoms with Gasteiger partial charge in [0.2, 0.25) is 5.95 Å². The molecule has 0 bridgehead atoms. The average molecular weight is 198 g/mol. The van der Waals surface area contributed by atoms with Crippen molar-refractivity contribution >= 4 is 17.5 Å². The zero-order valence-corrected chi connectivity index (χ0v) is 8.52. The summed E-state index contributed by atoms with van der Waals surface area (Å²) in [6.07, 6.45) is 1.89. The van der Waals surface area contributed by atoms with Crippen molar-refractivity contribution < 1.29 is 0 Å². The number of halogens is 1. The van der Waals surface area contributed by atoms with Crippen molar-refractivity contribution in [1.82, 2.24) is 9.97 Å². The minimum Gasteiger partial charge on any atom is -0.368 e. The molecule has 0 aromatic carbocycles. The van der Waals surface area contributed by atoms with Gasteiger partial charge in [-0.05, 0) is 18.3 Å². The fraction of sp³-hybridized carbons (Fsp3) is 0.556. The maximum Gasteiger partial charge on any atom is 0.221 e. The highest BCUT2D eigenvalue weighted by Gasteiger charge is 2.31. The summed E-state index contributed by atoms with van der Waals surface area (Å²) in [5.41, 5.74) is 7.84. The molecule has 4 heteroatoms. The Hall–Kier alpha value is -0.830. The lowest BCUT2D eigenvalue weighted by atomic mass is 9.91. The van der Waals surface area contributed by atoms with Crippen molar-refractivity contribution in [2.75, 3.05) is 5.73 Å². The molecule has 0 atom stereocenters. The number of nitrogens with two attached hydrogens (primary N) is 1. The predicted octanol–water partition coefficient (Wildman–Crippen LogP) is 1.84. The number of nitrogens with zero attached hydrogens (tertiary/aromatic N) is 2. The molecule has 0 saturated carbocycles. The van der Waals surface area contributed by atoms with Gasteiger partial charge in [0.05, 0.1) is 5.69 Å². The Bertz CT molecular complexity index is 360. The van der Waals surface area contributed by atoms with Crippen molar-refractivity contribution in [2.45, 2.75) is 26.7 Å². The number of anilines is 1. The lowest BCUT2D eigenvalue weighted by Gasteiger charge is -2.14. The van der Waals surface area contributed by atoms with Crippen LogP contribution in [0.25, 0.3) is 0 Å². The maximum atomic E-state index is 5.97. The number of fused-ring (bicyclic) bond motifs is 1. The van der Waals surface area contributed by atoms with Crippen LogP contribution in [0.5, 0.6) is 0 Å². The Kier molecular flexibility index (Phi) is 1.74. The summed E-state index contributed by atoms with van der Waals surface area (Å²) in [7, 11) is 0. The summed E-state index contributed by atoms with van der Waals surface area (Å²) in [5.74, 6) is 0.279. The molecule has 0 unspecified atom stereocenters. The molecule has 1 aliphatic carbocycles. The second-order valence-corrected chi connectivity index (χ2v) is 4.67. The van der Waals surface area contributed by atoms with Crippen LogP contribution in [0.1, 0.15) is 25.1 Å². The average Bonchev–Trinajstić information content (AvgIpc) is 2.23. The standard InChI is InChI=1S/C9H12ClN3/c1-9(2)3-5-6(4-9)12-8(11)13-7(5)10/h3-4H2,1-2H3,(H2,11,12,13). The molecule has 3 nitrogen and oxygen atoms in total. The first-order valence-electron chi connectivity index (χ1n) is 4.29. The Morgan fingerprint density at radius 1 is 1.31 bits per heavy atom. The minimum absolute atomic E-state index is 0.244. The van der Waals surface area contributed by atoms with Gasteiger partial charge in [0, 0.05) is 5.56 Å². The van der Waals surface area contributed by atoms with Crippen molar-refractivity contribution in [3.8, 4) is 0 Å². The molecule has 0 spiro atoms. The summed E-state index contributed by atoms with van der Waals surface area (Å²) >= 11 is 5.97. The van der Waals surface area contributed by atoms with Gasteiger partial charge in [-0.3, -0.25) is 0 Å². The molecule has 1 aliphatic rings. The molecular weight excluding hydrogens is 186 g/mol. The van der Waals surface area contributed by atoms with Crippen LogP contribution < -0.4 is 5.73 Å². The first-order chi connectivity index (χ1) is 5.98. The van der Waals surface area contributed by atoms with E-state index in [9.17, 15) is 0 Å². The van der Waals surface area contributed by atoms with E-state index < -0.39 is 0 Å². The smallest absolute Gasteiger partial charge is 0.221 e. The van der Waals surface area contributed by atoms with Crippen LogP contribution in [0.4, 0.5) is 5.95 Å².